The van der Waals surface area contributed by atoms with Crippen molar-refractivity contribution in [1.29, 1.82) is 0 Å². The van der Waals surface area contributed by atoms with Crippen LogP contribution in [0.15, 0.2) is 34.9 Å². The number of halogens is 3. The molecule has 0 aliphatic heterocycles. The quantitative estimate of drug-likeness (QED) is 0.850. The summed E-state index contributed by atoms with van der Waals surface area (Å²) in [7, 11) is 0. The third-order valence-corrected chi connectivity index (χ3v) is 2.95. The number of benzene rings is 1. The molecule has 0 saturated heterocycles. The predicted molar refractivity (Wildman–Crippen MR) is 76.4 cm³/mol. The van der Waals surface area contributed by atoms with E-state index in [0.29, 0.717) is 11.0 Å². The second-order valence-corrected chi connectivity index (χ2v) is 4.95. The lowest BCUT2D eigenvalue weighted by molar-refractivity contribution is 0.0950. The predicted octanol–water partition coefficient (Wildman–Crippen LogP) is 3.66. The summed E-state index contributed by atoms with van der Waals surface area (Å²) < 4.78 is 32.5. The van der Waals surface area contributed by atoms with Crippen LogP contribution >= 0.6 is 15.9 Å². The SMILES string of the molecule is CCNC(=O)c1cc(Oc2cc(Br)cc(F)c2F)ccn1. The second-order valence-electron chi connectivity index (χ2n) is 4.04. The van der Waals surface area contributed by atoms with Gasteiger partial charge < -0.3 is 10.1 Å². The Bertz CT molecular complexity index is 680. The van der Waals surface area contributed by atoms with Gasteiger partial charge in [0.15, 0.2) is 11.6 Å². The van der Waals surface area contributed by atoms with Crippen molar-refractivity contribution >= 4 is 21.8 Å². The van der Waals surface area contributed by atoms with Crippen molar-refractivity contribution < 1.29 is 18.3 Å². The first-order chi connectivity index (χ1) is 10.0. The second kappa shape index (κ2) is 6.62. The number of ether oxygens (including phenoxy) is 1. The molecular formula is C14H11BrF2N2O2. The average molecular weight is 357 g/mol. The number of aromatic nitrogens is 1. The zero-order chi connectivity index (χ0) is 15.4. The number of carbonyl (C=O) groups is 1. The van der Waals surface area contributed by atoms with Crippen LogP contribution in [0.5, 0.6) is 11.5 Å². The van der Waals surface area contributed by atoms with Crippen molar-refractivity contribution in [3.63, 3.8) is 0 Å². The molecule has 0 fully saturated rings. The Hall–Kier alpha value is -2.02. The Morgan fingerprint density at radius 1 is 1.38 bits per heavy atom. The van der Waals surface area contributed by atoms with Gasteiger partial charge in [0.25, 0.3) is 5.91 Å². The van der Waals surface area contributed by atoms with Gasteiger partial charge in [-0.1, -0.05) is 15.9 Å². The summed E-state index contributed by atoms with van der Waals surface area (Å²) in [5, 5.41) is 2.58. The lowest BCUT2D eigenvalue weighted by Gasteiger charge is -2.09. The number of nitrogens with zero attached hydrogens (tertiary/aromatic N) is 1. The number of rotatable bonds is 4. The van der Waals surface area contributed by atoms with Gasteiger partial charge in [-0.25, -0.2) is 4.39 Å². The van der Waals surface area contributed by atoms with Crippen molar-refractivity contribution in [2.45, 2.75) is 6.92 Å². The van der Waals surface area contributed by atoms with Gasteiger partial charge in [0.05, 0.1) is 0 Å². The van der Waals surface area contributed by atoms with Crippen LogP contribution in [0.2, 0.25) is 0 Å². The largest absolute Gasteiger partial charge is 0.454 e. The van der Waals surface area contributed by atoms with E-state index in [-0.39, 0.29) is 23.1 Å². The Morgan fingerprint density at radius 2 is 2.14 bits per heavy atom. The molecule has 0 unspecified atom stereocenters. The molecule has 1 aromatic heterocycles. The average Bonchev–Trinajstić information content (AvgIpc) is 2.45. The zero-order valence-corrected chi connectivity index (χ0v) is 12.6. The van der Waals surface area contributed by atoms with E-state index in [1.54, 1.807) is 6.92 Å². The Labute approximate surface area is 128 Å². The van der Waals surface area contributed by atoms with E-state index in [2.05, 4.69) is 26.2 Å². The minimum Gasteiger partial charge on any atom is -0.454 e. The normalized spacial score (nSPS) is 10.3. The number of amides is 1. The molecule has 1 N–H and O–H groups in total. The van der Waals surface area contributed by atoms with Crippen LogP contribution in [0.1, 0.15) is 17.4 Å². The monoisotopic (exact) mass is 356 g/mol. The molecule has 4 nitrogen and oxygen atoms in total. The Balaban J connectivity index is 2.28. The molecule has 1 heterocycles. The zero-order valence-electron chi connectivity index (χ0n) is 11.0. The summed E-state index contributed by atoms with van der Waals surface area (Å²) in [5.74, 6) is -2.60. The molecule has 2 aromatic rings. The van der Waals surface area contributed by atoms with Crippen LogP contribution in [0.3, 0.4) is 0 Å². The lowest BCUT2D eigenvalue weighted by atomic mass is 10.3. The fraction of sp³-hybridized carbons (Fsp3) is 0.143. The van der Waals surface area contributed by atoms with E-state index in [0.717, 1.165) is 6.07 Å². The molecular weight excluding hydrogens is 346 g/mol. The number of pyridine rings is 1. The van der Waals surface area contributed by atoms with Crippen molar-refractivity contribution in [3.05, 3.63) is 52.3 Å². The maximum absolute atomic E-state index is 13.6. The maximum Gasteiger partial charge on any atom is 0.270 e. The van der Waals surface area contributed by atoms with E-state index in [1.165, 1.54) is 24.4 Å². The molecule has 1 amide bonds. The van der Waals surface area contributed by atoms with Gasteiger partial charge in [-0.05, 0) is 25.1 Å². The molecule has 2 rings (SSSR count). The van der Waals surface area contributed by atoms with Gasteiger partial charge in [0.2, 0.25) is 5.82 Å². The third-order valence-electron chi connectivity index (χ3n) is 2.49. The molecule has 0 aliphatic rings. The van der Waals surface area contributed by atoms with Crippen LogP contribution in [-0.4, -0.2) is 17.4 Å². The molecule has 110 valence electrons. The van der Waals surface area contributed by atoms with Crippen molar-refractivity contribution in [2.75, 3.05) is 6.54 Å². The fourth-order valence-corrected chi connectivity index (χ4v) is 1.99. The fourth-order valence-electron chi connectivity index (χ4n) is 1.58. The topological polar surface area (TPSA) is 51.2 Å². The summed E-state index contributed by atoms with van der Waals surface area (Å²) in [6.07, 6.45) is 1.35. The van der Waals surface area contributed by atoms with E-state index in [1.807, 2.05) is 0 Å². The standard InChI is InChI=1S/C14H11BrF2N2O2/c1-2-18-14(20)11-7-9(3-4-19-11)21-12-6-8(15)5-10(16)13(12)17/h3-7H,2H2,1H3,(H,18,20). The lowest BCUT2D eigenvalue weighted by Crippen LogP contribution is -2.23. The van der Waals surface area contributed by atoms with Crippen molar-refractivity contribution in [1.82, 2.24) is 10.3 Å². The summed E-state index contributed by atoms with van der Waals surface area (Å²) in [6, 6.07) is 5.09. The molecule has 0 atom stereocenters. The highest BCUT2D eigenvalue weighted by molar-refractivity contribution is 9.10. The number of hydrogen-bond acceptors (Lipinski definition) is 3. The minimum atomic E-state index is -1.10. The summed E-state index contributed by atoms with van der Waals surface area (Å²) >= 11 is 3.06. The molecule has 0 aliphatic carbocycles. The smallest absolute Gasteiger partial charge is 0.270 e. The number of nitrogens with one attached hydrogen (secondary N) is 1. The van der Waals surface area contributed by atoms with Crippen LogP contribution in [0.4, 0.5) is 8.78 Å². The van der Waals surface area contributed by atoms with E-state index in [4.69, 9.17) is 4.74 Å². The molecule has 0 bridgehead atoms. The highest BCUT2D eigenvalue weighted by Crippen LogP contribution is 2.29. The first kappa shape index (κ1) is 15.4. The Morgan fingerprint density at radius 3 is 2.86 bits per heavy atom. The molecule has 21 heavy (non-hydrogen) atoms. The van der Waals surface area contributed by atoms with Gasteiger partial charge in [-0.2, -0.15) is 4.39 Å². The van der Waals surface area contributed by atoms with Crippen molar-refractivity contribution in [2.24, 2.45) is 0 Å². The number of carbonyl (C=O) groups excluding carboxylic acids is 1. The summed E-state index contributed by atoms with van der Waals surface area (Å²) in [4.78, 5) is 15.5. The Kier molecular flexibility index (Phi) is 4.85. The molecule has 1 aromatic carbocycles. The first-order valence-electron chi connectivity index (χ1n) is 6.08. The molecule has 0 spiro atoms. The van der Waals surface area contributed by atoms with E-state index >= 15 is 0 Å². The molecule has 0 saturated carbocycles. The highest BCUT2D eigenvalue weighted by atomic mass is 79.9. The van der Waals surface area contributed by atoms with Gasteiger partial charge in [0, 0.05) is 23.3 Å². The van der Waals surface area contributed by atoms with Crippen LogP contribution in [0, 0.1) is 11.6 Å². The van der Waals surface area contributed by atoms with Gasteiger partial charge >= 0.3 is 0 Å². The van der Waals surface area contributed by atoms with Crippen LogP contribution in [-0.2, 0) is 0 Å². The van der Waals surface area contributed by atoms with Gasteiger partial charge in [-0.15, -0.1) is 0 Å². The first-order valence-corrected chi connectivity index (χ1v) is 6.87. The van der Waals surface area contributed by atoms with E-state index < -0.39 is 11.6 Å². The van der Waals surface area contributed by atoms with Gasteiger partial charge in [-0.3, -0.25) is 9.78 Å². The number of hydrogen-bond donors (Lipinski definition) is 1. The molecule has 0 radical (unpaired) electrons. The van der Waals surface area contributed by atoms with E-state index in [9.17, 15) is 13.6 Å². The highest BCUT2D eigenvalue weighted by Gasteiger charge is 2.13. The van der Waals surface area contributed by atoms with Crippen LogP contribution in [0.25, 0.3) is 0 Å². The maximum atomic E-state index is 13.6. The van der Waals surface area contributed by atoms with Crippen molar-refractivity contribution in [3.8, 4) is 11.5 Å². The third kappa shape index (κ3) is 3.75. The summed E-state index contributed by atoms with van der Waals surface area (Å²) in [6.45, 7) is 2.23. The minimum absolute atomic E-state index is 0.130. The van der Waals surface area contributed by atoms with Crippen LogP contribution < -0.4 is 10.1 Å². The van der Waals surface area contributed by atoms with Gasteiger partial charge in [0.1, 0.15) is 11.4 Å². The summed E-state index contributed by atoms with van der Waals surface area (Å²) in [5.41, 5.74) is 0.130. The molecule has 7 heteroatoms.